The maximum atomic E-state index is 12.8. The molecule has 0 unspecified atom stereocenters. The Kier molecular flexibility index (Phi) is 6.08. The molecule has 0 aliphatic carbocycles. The molecule has 0 radical (unpaired) electrons. The molecule has 1 N–H and O–H groups in total. The van der Waals surface area contributed by atoms with Crippen molar-refractivity contribution in [3.63, 3.8) is 0 Å². The molecular weight excluding hydrogens is 392 g/mol. The number of anilines is 1. The van der Waals surface area contributed by atoms with E-state index in [-0.39, 0.29) is 11.8 Å². The van der Waals surface area contributed by atoms with Gasteiger partial charge < -0.3 is 10.2 Å². The van der Waals surface area contributed by atoms with Crippen molar-refractivity contribution in [2.24, 2.45) is 0 Å². The number of benzene rings is 2. The minimum absolute atomic E-state index is 0.00428. The largest absolute Gasteiger partial charge is 0.336 e. The smallest absolute Gasteiger partial charge is 0.253 e. The maximum absolute atomic E-state index is 12.8. The third-order valence-corrected chi connectivity index (χ3v) is 5.70. The van der Waals surface area contributed by atoms with Gasteiger partial charge in [0.05, 0.1) is 12.2 Å². The lowest BCUT2D eigenvalue weighted by atomic mass is 10.1. The number of rotatable bonds is 5. The molecule has 2 amide bonds. The highest BCUT2D eigenvalue weighted by atomic mass is 16.2. The second-order valence-electron chi connectivity index (χ2n) is 7.75. The Hall–Kier alpha value is -3.52. The Bertz CT molecular complexity index is 1050. The zero-order chi connectivity index (χ0) is 21.8. The van der Waals surface area contributed by atoms with Gasteiger partial charge in [-0.05, 0) is 55.3 Å². The highest BCUT2D eigenvalue weighted by Gasteiger charge is 2.23. The highest BCUT2D eigenvalue weighted by molar-refractivity contribution is 5.95. The molecule has 2 heterocycles. The molecule has 2 aromatic carbocycles. The van der Waals surface area contributed by atoms with Crippen molar-refractivity contribution in [2.75, 3.05) is 38.0 Å². The molecule has 1 saturated heterocycles. The van der Waals surface area contributed by atoms with E-state index in [1.165, 1.54) is 6.33 Å². The monoisotopic (exact) mass is 418 g/mol. The summed E-state index contributed by atoms with van der Waals surface area (Å²) in [4.78, 5) is 33.1. The molecule has 3 aromatic rings. The number of amides is 2. The Balaban J connectivity index is 1.28. The van der Waals surface area contributed by atoms with Gasteiger partial charge in [0.2, 0.25) is 5.91 Å². The second-order valence-corrected chi connectivity index (χ2v) is 7.75. The minimum Gasteiger partial charge on any atom is -0.336 e. The predicted octanol–water partition coefficient (Wildman–Crippen LogP) is 2.28. The van der Waals surface area contributed by atoms with Gasteiger partial charge >= 0.3 is 0 Å². The van der Waals surface area contributed by atoms with E-state index in [4.69, 9.17) is 0 Å². The van der Waals surface area contributed by atoms with E-state index in [2.05, 4.69) is 20.3 Å². The molecular formula is C23H26N6O2. The molecule has 8 nitrogen and oxygen atoms in total. The molecule has 0 bridgehead atoms. The Morgan fingerprint density at radius 1 is 1.00 bits per heavy atom. The van der Waals surface area contributed by atoms with Crippen LogP contribution in [0.25, 0.3) is 5.69 Å². The van der Waals surface area contributed by atoms with Crippen molar-refractivity contribution in [3.05, 3.63) is 71.8 Å². The number of hydrogen-bond donors (Lipinski definition) is 1. The van der Waals surface area contributed by atoms with E-state index in [0.29, 0.717) is 38.3 Å². The molecule has 1 aliphatic rings. The van der Waals surface area contributed by atoms with E-state index >= 15 is 0 Å². The number of aryl methyl sites for hydroxylation is 1. The highest BCUT2D eigenvalue weighted by Crippen LogP contribution is 2.18. The zero-order valence-corrected chi connectivity index (χ0v) is 17.8. The van der Waals surface area contributed by atoms with Crippen molar-refractivity contribution >= 4 is 17.5 Å². The molecule has 31 heavy (non-hydrogen) atoms. The van der Waals surface area contributed by atoms with Gasteiger partial charge in [-0.2, -0.15) is 5.10 Å². The average Bonchev–Trinajstić information content (AvgIpc) is 3.32. The number of nitrogens with zero attached hydrogens (tertiary/aromatic N) is 5. The van der Waals surface area contributed by atoms with E-state index in [1.54, 1.807) is 11.0 Å². The van der Waals surface area contributed by atoms with Crippen LogP contribution in [0, 0.1) is 13.8 Å². The summed E-state index contributed by atoms with van der Waals surface area (Å²) in [5.74, 6) is -0.0261. The molecule has 0 spiro atoms. The van der Waals surface area contributed by atoms with E-state index in [0.717, 1.165) is 22.5 Å². The van der Waals surface area contributed by atoms with Crippen LogP contribution in [0.15, 0.2) is 55.1 Å². The van der Waals surface area contributed by atoms with E-state index in [9.17, 15) is 9.59 Å². The molecule has 0 saturated carbocycles. The Morgan fingerprint density at radius 2 is 1.74 bits per heavy atom. The van der Waals surface area contributed by atoms with E-state index in [1.807, 2.05) is 61.2 Å². The van der Waals surface area contributed by atoms with Crippen molar-refractivity contribution in [1.29, 1.82) is 0 Å². The Morgan fingerprint density at radius 3 is 2.42 bits per heavy atom. The molecule has 4 rings (SSSR count). The Labute approximate surface area is 181 Å². The van der Waals surface area contributed by atoms with Crippen LogP contribution in [0.1, 0.15) is 21.5 Å². The van der Waals surface area contributed by atoms with Gasteiger partial charge in [-0.25, -0.2) is 9.67 Å². The molecule has 1 aliphatic heterocycles. The lowest BCUT2D eigenvalue weighted by molar-refractivity contribution is -0.117. The quantitative estimate of drug-likeness (QED) is 0.687. The second kappa shape index (κ2) is 9.09. The third-order valence-electron chi connectivity index (χ3n) is 5.70. The van der Waals surface area contributed by atoms with Crippen LogP contribution in [0.5, 0.6) is 0 Å². The number of carbonyl (C=O) groups excluding carboxylic acids is 2. The topological polar surface area (TPSA) is 83.4 Å². The first-order valence-corrected chi connectivity index (χ1v) is 10.3. The minimum atomic E-state index is -0.0304. The van der Waals surface area contributed by atoms with Crippen LogP contribution in [-0.4, -0.2) is 69.1 Å². The predicted molar refractivity (Wildman–Crippen MR) is 118 cm³/mol. The van der Waals surface area contributed by atoms with Crippen molar-refractivity contribution in [3.8, 4) is 5.69 Å². The first-order valence-electron chi connectivity index (χ1n) is 10.3. The number of carbonyl (C=O) groups is 2. The first-order chi connectivity index (χ1) is 15.0. The molecule has 160 valence electrons. The lowest BCUT2D eigenvalue weighted by Crippen LogP contribution is -2.50. The van der Waals surface area contributed by atoms with Crippen LogP contribution in [0.3, 0.4) is 0 Å². The van der Waals surface area contributed by atoms with Crippen LogP contribution in [0.2, 0.25) is 0 Å². The van der Waals surface area contributed by atoms with E-state index < -0.39 is 0 Å². The number of nitrogens with one attached hydrogen (secondary N) is 1. The van der Waals surface area contributed by atoms with Crippen LogP contribution in [0.4, 0.5) is 5.69 Å². The first kappa shape index (κ1) is 20.7. The number of piperazine rings is 1. The van der Waals surface area contributed by atoms with Crippen LogP contribution < -0.4 is 5.32 Å². The van der Waals surface area contributed by atoms with Crippen molar-refractivity contribution in [1.82, 2.24) is 24.6 Å². The normalized spacial score (nSPS) is 14.5. The van der Waals surface area contributed by atoms with Gasteiger partial charge in [-0.1, -0.05) is 12.1 Å². The van der Waals surface area contributed by atoms with Gasteiger partial charge in [-0.3, -0.25) is 14.5 Å². The summed E-state index contributed by atoms with van der Waals surface area (Å²) in [7, 11) is 0. The summed E-state index contributed by atoms with van der Waals surface area (Å²) >= 11 is 0. The summed E-state index contributed by atoms with van der Waals surface area (Å²) < 4.78 is 1.65. The molecule has 1 fully saturated rings. The van der Waals surface area contributed by atoms with Crippen molar-refractivity contribution < 1.29 is 9.59 Å². The molecule has 8 heteroatoms. The third kappa shape index (κ3) is 4.80. The van der Waals surface area contributed by atoms with Crippen LogP contribution >= 0.6 is 0 Å². The summed E-state index contributed by atoms with van der Waals surface area (Å²) in [6.45, 7) is 6.89. The van der Waals surface area contributed by atoms with Gasteiger partial charge in [0.25, 0.3) is 5.91 Å². The number of aromatic nitrogens is 3. The van der Waals surface area contributed by atoms with Crippen molar-refractivity contribution in [2.45, 2.75) is 13.8 Å². The van der Waals surface area contributed by atoms with Gasteiger partial charge in [0, 0.05) is 37.4 Å². The lowest BCUT2D eigenvalue weighted by Gasteiger charge is -2.34. The fourth-order valence-corrected chi connectivity index (χ4v) is 3.67. The zero-order valence-electron chi connectivity index (χ0n) is 17.8. The summed E-state index contributed by atoms with van der Waals surface area (Å²) in [5.41, 5.74) is 4.59. The standard InChI is InChI=1S/C23H26N6O2/c1-17-4-3-5-21(18(17)2)26-22(30)14-27-10-12-28(13-11-27)23(31)19-6-8-20(9-7-19)29-16-24-15-25-29/h3-9,15-16H,10-14H2,1-2H3,(H,26,30). The summed E-state index contributed by atoms with van der Waals surface area (Å²) in [5, 5.41) is 7.09. The van der Waals surface area contributed by atoms with Gasteiger partial charge in [0.1, 0.15) is 12.7 Å². The van der Waals surface area contributed by atoms with Gasteiger partial charge in [-0.15, -0.1) is 0 Å². The fraction of sp³-hybridized carbons (Fsp3) is 0.304. The fourth-order valence-electron chi connectivity index (χ4n) is 3.67. The molecule has 1 aromatic heterocycles. The van der Waals surface area contributed by atoms with Crippen LogP contribution in [-0.2, 0) is 4.79 Å². The number of hydrogen-bond acceptors (Lipinski definition) is 5. The average molecular weight is 419 g/mol. The summed E-state index contributed by atoms with van der Waals surface area (Å²) in [6.07, 6.45) is 3.09. The van der Waals surface area contributed by atoms with Gasteiger partial charge in [0.15, 0.2) is 0 Å². The SMILES string of the molecule is Cc1cccc(NC(=O)CN2CCN(C(=O)c3ccc(-n4cncn4)cc3)CC2)c1C. The maximum Gasteiger partial charge on any atom is 0.253 e. The molecule has 0 atom stereocenters. The summed E-state index contributed by atoms with van der Waals surface area (Å²) in [6, 6.07) is 13.2.